The fourth-order valence-corrected chi connectivity index (χ4v) is 0.900. The Kier molecular flexibility index (Phi) is 2.35. The Morgan fingerprint density at radius 2 is 2.25 bits per heavy atom. The lowest BCUT2D eigenvalue weighted by molar-refractivity contribution is -0.384. The molecule has 5 heteroatoms. The summed E-state index contributed by atoms with van der Waals surface area (Å²) >= 11 is 4.66. The lowest BCUT2D eigenvalue weighted by Crippen LogP contribution is -2.09. The Balaban J connectivity index is 3.12. The van der Waals surface area contributed by atoms with Crippen molar-refractivity contribution in [2.24, 2.45) is 5.73 Å². The molecule has 0 saturated heterocycles. The SMILES string of the molecule is NC(=S)c1cccc([N+](=O)[O-])c1. The highest BCUT2D eigenvalue weighted by molar-refractivity contribution is 7.80. The molecule has 1 aromatic carbocycles. The zero-order valence-electron chi connectivity index (χ0n) is 6.06. The highest BCUT2D eigenvalue weighted by Crippen LogP contribution is 2.12. The van der Waals surface area contributed by atoms with Crippen LogP contribution in [-0.2, 0) is 0 Å². The maximum atomic E-state index is 10.3. The molecule has 0 bridgehead atoms. The van der Waals surface area contributed by atoms with Crippen molar-refractivity contribution in [2.45, 2.75) is 0 Å². The molecule has 0 atom stereocenters. The van der Waals surface area contributed by atoms with Crippen LogP contribution in [0.15, 0.2) is 24.3 Å². The molecule has 12 heavy (non-hydrogen) atoms. The summed E-state index contributed by atoms with van der Waals surface area (Å²) in [5, 5.41) is 10.3. The van der Waals surface area contributed by atoms with Crippen LogP contribution in [0.2, 0.25) is 0 Å². The molecule has 0 aromatic heterocycles. The molecule has 0 spiro atoms. The van der Waals surface area contributed by atoms with Crippen LogP contribution < -0.4 is 5.73 Å². The molecule has 0 saturated carbocycles. The van der Waals surface area contributed by atoms with Crippen molar-refractivity contribution in [3.8, 4) is 0 Å². The molecule has 4 nitrogen and oxygen atoms in total. The molecule has 0 aliphatic rings. The fourth-order valence-electron chi connectivity index (χ4n) is 0.773. The van der Waals surface area contributed by atoms with E-state index >= 15 is 0 Å². The Labute approximate surface area is 74.1 Å². The molecule has 0 radical (unpaired) electrons. The van der Waals surface area contributed by atoms with E-state index in [0.29, 0.717) is 5.56 Å². The number of rotatable bonds is 2. The number of nitrogens with zero attached hydrogens (tertiary/aromatic N) is 1. The summed E-state index contributed by atoms with van der Waals surface area (Å²) in [4.78, 5) is 9.98. The minimum atomic E-state index is -0.484. The first-order chi connectivity index (χ1) is 5.61. The number of nitro benzene ring substituents is 1. The predicted molar refractivity (Wildman–Crippen MR) is 49.0 cm³/mol. The van der Waals surface area contributed by atoms with E-state index in [2.05, 4.69) is 12.2 Å². The van der Waals surface area contributed by atoms with Crippen molar-refractivity contribution in [1.82, 2.24) is 0 Å². The van der Waals surface area contributed by atoms with E-state index in [9.17, 15) is 10.1 Å². The van der Waals surface area contributed by atoms with E-state index in [-0.39, 0.29) is 10.7 Å². The second kappa shape index (κ2) is 3.27. The molecule has 0 aliphatic heterocycles. The molecule has 0 unspecified atom stereocenters. The minimum absolute atomic E-state index is 0.000278. The maximum Gasteiger partial charge on any atom is 0.270 e. The Hall–Kier alpha value is -1.49. The summed E-state index contributed by atoms with van der Waals surface area (Å²) in [5.41, 5.74) is 5.81. The summed E-state index contributed by atoms with van der Waals surface area (Å²) in [6.07, 6.45) is 0. The predicted octanol–water partition coefficient (Wildman–Crippen LogP) is 1.23. The number of hydrogen-bond donors (Lipinski definition) is 1. The van der Waals surface area contributed by atoms with Gasteiger partial charge in [0.05, 0.1) is 4.92 Å². The van der Waals surface area contributed by atoms with Gasteiger partial charge in [-0.1, -0.05) is 24.4 Å². The number of thiocarbonyl (C=S) groups is 1. The fraction of sp³-hybridized carbons (Fsp3) is 0. The highest BCUT2D eigenvalue weighted by Gasteiger charge is 2.05. The molecular weight excluding hydrogens is 176 g/mol. The monoisotopic (exact) mass is 182 g/mol. The first kappa shape index (κ1) is 8.61. The lowest BCUT2D eigenvalue weighted by Gasteiger charge is -1.96. The Morgan fingerprint density at radius 3 is 2.75 bits per heavy atom. The van der Waals surface area contributed by atoms with Gasteiger partial charge in [0.25, 0.3) is 5.69 Å². The third-order valence-corrected chi connectivity index (χ3v) is 1.58. The summed E-state index contributed by atoms with van der Waals surface area (Å²) in [6.45, 7) is 0. The van der Waals surface area contributed by atoms with Gasteiger partial charge in [0, 0.05) is 17.7 Å². The zero-order chi connectivity index (χ0) is 9.14. The molecule has 0 fully saturated rings. The van der Waals surface area contributed by atoms with Gasteiger partial charge in [0.1, 0.15) is 4.99 Å². The van der Waals surface area contributed by atoms with Crippen molar-refractivity contribution < 1.29 is 4.92 Å². The van der Waals surface area contributed by atoms with Crippen LogP contribution in [0.4, 0.5) is 5.69 Å². The normalized spacial score (nSPS) is 9.33. The average molecular weight is 182 g/mol. The Morgan fingerprint density at radius 1 is 1.58 bits per heavy atom. The van der Waals surface area contributed by atoms with Crippen LogP contribution in [0.1, 0.15) is 5.56 Å². The number of nitro groups is 1. The van der Waals surface area contributed by atoms with Gasteiger partial charge < -0.3 is 5.73 Å². The van der Waals surface area contributed by atoms with Gasteiger partial charge in [0.2, 0.25) is 0 Å². The number of hydrogen-bond acceptors (Lipinski definition) is 3. The van der Waals surface area contributed by atoms with Crippen LogP contribution in [0.3, 0.4) is 0 Å². The molecular formula is C7H6N2O2S. The van der Waals surface area contributed by atoms with Crippen molar-refractivity contribution in [1.29, 1.82) is 0 Å². The summed E-state index contributed by atoms with van der Waals surface area (Å²) < 4.78 is 0. The molecule has 62 valence electrons. The van der Waals surface area contributed by atoms with Gasteiger partial charge >= 0.3 is 0 Å². The van der Waals surface area contributed by atoms with Gasteiger partial charge in [-0.2, -0.15) is 0 Å². The average Bonchev–Trinajstić information content (AvgIpc) is 2.04. The summed E-state index contributed by atoms with van der Waals surface area (Å²) in [5.74, 6) is 0. The summed E-state index contributed by atoms with van der Waals surface area (Å²) in [7, 11) is 0. The largest absolute Gasteiger partial charge is 0.389 e. The van der Waals surface area contributed by atoms with Crippen LogP contribution in [0, 0.1) is 10.1 Å². The van der Waals surface area contributed by atoms with E-state index in [1.807, 2.05) is 0 Å². The second-order valence-corrected chi connectivity index (χ2v) is 2.61. The zero-order valence-corrected chi connectivity index (χ0v) is 6.88. The van der Waals surface area contributed by atoms with Gasteiger partial charge in [-0.05, 0) is 0 Å². The van der Waals surface area contributed by atoms with E-state index in [4.69, 9.17) is 5.73 Å². The second-order valence-electron chi connectivity index (χ2n) is 2.17. The van der Waals surface area contributed by atoms with Crippen molar-refractivity contribution >= 4 is 22.9 Å². The maximum absolute atomic E-state index is 10.3. The van der Waals surface area contributed by atoms with Gasteiger partial charge in [-0.3, -0.25) is 10.1 Å². The molecule has 1 aromatic rings. The Bertz CT molecular complexity index is 309. The molecule has 0 amide bonds. The molecule has 2 N–H and O–H groups in total. The molecule has 0 heterocycles. The van der Waals surface area contributed by atoms with Crippen molar-refractivity contribution in [2.75, 3.05) is 0 Å². The minimum Gasteiger partial charge on any atom is -0.389 e. The van der Waals surface area contributed by atoms with Crippen LogP contribution in [0.25, 0.3) is 0 Å². The van der Waals surface area contributed by atoms with E-state index < -0.39 is 4.92 Å². The van der Waals surface area contributed by atoms with Gasteiger partial charge in [-0.25, -0.2) is 0 Å². The highest BCUT2D eigenvalue weighted by atomic mass is 32.1. The van der Waals surface area contributed by atoms with Crippen LogP contribution >= 0.6 is 12.2 Å². The van der Waals surface area contributed by atoms with Crippen molar-refractivity contribution in [3.63, 3.8) is 0 Å². The van der Waals surface area contributed by atoms with Crippen LogP contribution in [-0.4, -0.2) is 9.91 Å². The first-order valence-electron chi connectivity index (χ1n) is 3.15. The third-order valence-electron chi connectivity index (χ3n) is 1.34. The number of non-ortho nitro benzene ring substituents is 1. The third kappa shape index (κ3) is 1.76. The van der Waals surface area contributed by atoms with Crippen LogP contribution in [0.5, 0.6) is 0 Å². The number of nitrogens with two attached hydrogens (primary N) is 1. The van der Waals surface area contributed by atoms with Gasteiger partial charge in [0.15, 0.2) is 0 Å². The summed E-state index contributed by atoms with van der Waals surface area (Å²) in [6, 6.07) is 5.92. The van der Waals surface area contributed by atoms with Crippen molar-refractivity contribution in [3.05, 3.63) is 39.9 Å². The molecule has 1 rings (SSSR count). The smallest absolute Gasteiger partial charge is 0.270 e. The number of benzene rings is 1. The first-order valence-corrected chi connectivity index (χ1v) is 3.56. The van der Waals surface area contributed by atoms with E-state index in [1.165, 1.54) is 12.1 Å². The quantitative estimate of drug-likeness (QED) is 0.424. The standard InChI is InChI=1S/C7H6N2O2S/c8-7(12)5-2-1-3-6(4-5)9(10)11/h1-4H,(H2,8,12). The van der Waals surface area contributed by atoms with Gasteiger partial charge in [-0.15, -0.1) is 0 Å². The van der Waals surface area contributed by atoms with E-state index in [0.717, 1.165) is 0 Å². The lowest BCUT2D eigenvalue weighted by atomic mass is 10.2. The van der Waals surface area contributed by atoms with E-state index in [1.54, 1.807) is 12.1 Å². The topological polar surface area (TPSA) is 69.2 Å². The molecule has 0 aliphatic carbocycles.